The molecule has 1 aromatic rings. The fourth-order valence-corrected chi connectivity index (χ4v) is 2.15. The van der Waals surface area contributed by atoms with E-state index in [0.29, 0.717) is 5.69 Å². The summed E-state index contributed by atoms with van der Waals surface area (Å²) < 4.78 is 0.832. The predicted octanol–water partition coefficient (Wildman–Crippen LogP) is 2.21. The molecular formula is C8H8BrNO2S. The van der Waals surface area contributed by atoms with Crippen LogP contribution in [-0.2, 0) is 4.79 Å². The molecule has 0 saturated heterocycles. The third-order valence-electron chi connectivity index (χ3n) is 1.31. The number of carboxylic acids is 1. The Hall–Kier alpha value is -0.680. The van der Waals surface area contributed by atoms with Gasteiger partial charge in [-0.15, -0.1) is 11.8 Å². The Kier molecular flexibility index (Phi) is 3.62. The molecule has 0 bridgehead atoms. The largest absolute Gasteiger partial charge is 0.481 e. The molecular weight excluding hydrogens is 254 g/mol. The van der Waals surface area contributed by atoms with E-state index in [-0.39, 0.29) is 5.75 Å². The van der Waals surface area contributed by atoms with Crippen LogP contribution in [0.5, 0.6) is 0 Å². The van der Waals surface area contributed by atoms with E-state index in [9.17, 15) is 4.79 Å². The Labute approximate surface area is 88.4 Å². The number of hydrogen-bond acceptors (Lipinski definition) is 3. The van der Waals surface area contributed by atoms with E-state index in [1.165, 1.54) is 11.8 Å². The Bertz CT molecular complexity index is 330. The molecule has 70 valence electrons. The van der Waals surface area contributed by atoms with Crippen molar-refractivity contribution in [2.45, 2.75) is 4.90 Å². The van der Waals surface area contributed by atoms with Crippen LogP contribution in [-0.4, -0.2) is 16.8 Å². The SMILES string of the molecule is Nc1ccc(SCC(=O)O)c(Br)c1. The molecule has 0 aromatic heterocycles. The van der Waals surface area contributed by atoms with E-state index in [1.54, 1.807) is 18.2 Å². The lowest BCUT2D eigenvalue weighted by molar-refractivity contribution is -0.133. The summed E-state index contributed by atoms with van der Waals surface area (Å²) in [5, 5.41) is 8.46. The number of benzene rings is 1. The molecule has 1 aromatic carbocycles. The summed E-state index contributed by atoms with van der Waals surface area (Å²) in [7, 11) is 0. The lowest BCUT2D eigenvalue weighted by Gasteiger charge is -2.02. The Morgan fingerprint density at radius 1 is 1.62 bits per heavy atom. The van der Waals surface area contributed by atoms with Gasteiger partial charge in [0.1, 0.15) is 0 Å². The highest BCUT2D eigenvalue weighted by molar-refractivity contribution is 9.10. The second kappa shape index (κ2) is 4.53. The Morgan fingerprint density at radius 2 is 2.31 bits per heavy atom. The van der Waals surface area contributed by atoms with E-state index in [2.05, 4.69) is 15.9 Å². The van der Waals surface area contributed by atoms with E-state index in [0.717, 1.165) is 9.37 Å². The zero-order valence-corrected chi connectivity index (χ0v) is 9.06. The fraction of sp³-hybridized carbons (Fsp3) is 0.125. The van der Waals surface area contributed by atoms with Crippen molar-refractivity contribution in [3.05, 3.63) is 22.7 Å². The Balaban J connectivity index is 2.72. The molecule has 0 spiro atoms. The monoisotopic (exact) mass is 261 g/mol. The molecule has 5 heteroatoms. The zero-order valence-electron chi connectivity index (χ0n) is 6.66. The van der Waals surface area contributed by atoms with Crippen LogP contribution in [0.2, 0.25) is 0 Å². The van der Waals surface area contributed by atoms with Gasteiger partial charge in [-0.2, -0.15) is 0 Å². The number of nitrogen functional groups attached to an aromatic ring is 1. The van der Waals surface area contributed by atoms with E-state index < -0.39 is 5.97 Å². The average Bonchev–Trinajstić information content (AvgIpc) is 2.02. The molecule has 0 heterocycles. The molecule has 3 N–H and O–H groups in total. The molecule has 0 unspecified atom stereocenters. The van der Waals surface area contributed by atoms with Gasteiger partial charge in [0.25, 0.3) is 0 Å². The fourth-order valence-electron chi connectivity index (χ4n) is 0.774. The number of carbonyl (C=O) groups is 1. The summed E-state index contributed by atoms with van der Waals surface area (Å²) in [4.78, 5) is 11.2. The summed E-state index contributed by atoms with van der Waals surface area (Å²) in [5.41, 5.74) is 6.19. The molecule has 0 radical (unpaired) electrons. The highest BCUT2D eigenvalue weighted by Gasteiger charge is 2.03. The van der Waals surface area contributed by atoms with Crippen molar-refractivity contribution in [1.82, 2.24) is 0 Å². The molecule has 13 heavy (non-hydrogen) atoms. The van der Waals surface area contributed by atoms with Crippen LogP contribution < -0.4 is 5.73 Å². The van der Waals surface area contributed by atoms with Crippen LogP contribution in [0.1, 0.15) is 0 Å². The van der Waals surface area contributed by atoms with Crippen molar-refractivity contribution in [1.29, 1.82) is 0 Å². The number of aliphatic carboxylic acids is 1. The highest BCUT2D eigenvalue weighted by Crippen LogP contribution is 2.28. The first-order valence-electron chi connectivity index (χ1n) is 3.49. The highest BCUT2D eigenvalue weighted by atomic mass is 79.9. The first-order chi connectivity index (χ1) is 6.09. The molecule has 0 amide bonds. The minimum atomic E-state index is -0.825. The lowest BCUT2D eigenvalue weighted by atomic mass is 10.3. The maximum Gasteiger partial charge on any atom is 0.313 e. The topological polar surface area (TPSA) is 63.3 Å². The van der Waals surface area contributed by atoms with Crippen LogP contribution in [0.15, 0.2) is 27.6 Å². The third kappa shape index (κ3) is 3.28. The molecule has 1 rings (SSSR count). The molecule has 0 saturated carbocycles. The van der Waals surface area contributed by atoms with Gasteiger partial charge < -0.3 is 10.8 Å². The molecule has 0 aliphatic heterocycles. The Morgan fingerprint density at radius 3 is 2.85 bits per heavy atom. The van der Waals surface area contributed by atoms with Crippen molar-refractivity contribution in [3.63, 3.8) is 0 Å². The van der Waals surface area contributed by atoms with Crippen molar-refractivity contribution in [3.8, 4) is 0 Å². The van der Waals surface area contributed by atoms with Crippen molar-refractivity contribution < 1.29 is 9.90 Å². The van der Waals surface area contributed by atoms with Gasteiger partial charge >= 0.3 is 5.97 Å². The number of thioether (sulfide) groups is 1. The van der Waals surface area contributed by atoms with Crippen molar-refractivity contribution in [2.24, 2.45) is 0 Å². The van der Waals surface area contributed by atoms with Gasteiger partial charge in [0.2, 0.25) is 0 Å². The third-order valence-corrected chi connectivity index (χ3v) is 3.28. The standard InChI is InChI=1S/C8H8BrNO2S/c9-6-3-5(10)1-2-7(6)13-4-8(11)12/h1-3H,4,10H2,(H,11,12). The minimum Gasteiger partial charge on any atom is -0.481 e. The minimum absolute atomic E-state index is 0.0581. The normalized spacial score (nSPS) is 9.92. The molecule has 0 fully saturated rings. The van der Waals surface area contributed by atoms with Gasteiger partial charge in [-0.05, 0) is 34.1 Å². The first-order valence-corrected chi connectivity index (χ1v) is 5.27. The van der Waals surface area contributed by atoms with Crippen LogP contribution >= 0.6 is 27.7 Å². The van der Waals surface area contributed by atoms with Gasteiger partial charge in [0.05, 0.1) is 5.75 Å². The van der Waals surface area contributed by atoms with Gasteiger partial charge in [-0.25, -0.2) is 0 Å². The van der Waals surface area contributed by atoms with Crippen LogP contribution in [0, 0.1) is 0 Å². The van der Waals surface area contributed by atoms with Crippen molar-refractivity contribution in [2.75, 3.05) is 11.5 Å². The maximum atomic E-state index is 10.3. The second-order valence-corrected chi connectivity index (χ2v) is 4.24. The summed E-state index contributed by atoms with van der Waals surface area (Å²) in [5.74, 6) is -0.767. The van der Waals surface area contributed by atoms with Gasteiger partial charge in [-0.3, -0.25) is 4.79 Å². The second-order valence-electron chi connectivity index (χ2n) is 2.37. The predicted molar refractivity (Wildman–Crippen MR) is 56.9 cm³/mol. The summed E-state index contributed by atoms with van der Waals surface area (Å²) in [6.45, 7) is 0. The van der Waals surface area contributed by atoms with Crippen LogP contribution in [0.25, 0.3) is 0 Å². The lowest BCUT2D eigenvalue weighted by Crippen LogP contribution is -1.97. The van der Waals surface area contributed by atoms with Gasteiger partial charge in [0, 0.05) is 15.1 Å². The van der Waals surface area contributed by atoms with Crippen LogP contribution in [0.4, 0.5) is 5.69 Å². The summed E-state index contributed by atoms with van der Waals surface area (Å²) >= 11 is 4.57. The van der Waals surface area contributed by atoms with Gasteiger partial charge in [0.15, 0.2) is 0 Å². The quantitative estimate of drug-likeness (QED) is 0.647. The number of halogens is 1. The number of anilines is 1. The number of hydrogen-bond donors (Lipinski definition) is 2. The number of rotatable bonds is 3. The van der Waals surface area contributed by atoms with Crippen LogP contribution in [0.3, 0.4) is 0 Å². The van der Waals surface area contributed by atoms with E-state index in [4.69, 9.17) is 10.8 Å². The van der Waals surface area contributed by atoms with E-state index >= 15 is 0 Å². The zero-order chi connectivity index (χ0) is 9.84. The summed E-state index contributed by atoms with van der Waals surface area (Å²) in [6, 6.07) is 5.30. The molecule has 3 nitrogen and oxygen atoms in total. The average molecular weight is 262 g/mol. The summed E-state index contributed by atoms with van der Waals surface area (Å²) in [6.07, 6.45) is 0. The molecule has 0 aliphatic carbocycles. The first kappa shape index (κ1) is 10.4. The number of nitrogens with two attached hydrogens (primary N) is 1. The van der Waals surface area contributed by atoms with Gasteiger partial charge in [-0.1, -0.05) is 0 Å². The molecule has 0 aliphatic rings. The van der Waals surface area contributed by atoms with E-state index in [1.807, 2.05) is 0 Å². The molecule has 0 atom stereocenters. The van der Waals surface area contributed by atoms with Crippen molar-refractivity contribution >= 4 is 39.3 Å². The smallest absolute Gasteiger partial charge is 0.313 e. The maximum absolute atomic E-state index is 10.3. The number of carboxylic acid groups (broad SMARTS) is 1.